The summed E-state index contributed by atoms with van der Waals surface area (Å²) in [4.78, 5) is 4.34. The average molecular weight is 234 g/mol. The van der Waals surface area contributed by atoms with E-state index >= 15 is 0 Å². The molecule has 17 heavy (non-hydrogen) atoms. The number of aromatic nitrogens is 2. The first-order valence-corrected chi connectivity index (χ1v) is 5.60. The molecule has 0 bridgehead atoms. The van der Waals surface area contributed by atoms with Crippen LogP contribution in [0.3, 0.4) is 0 Å². The van der Waals surface area contributed by atoms with Crippen molar-refractivity contribution in [2.75, 3.05) is 0 Å². The highest BCUT2D eigenvalue weighted by Crippen LogP contribution is 2.17. The molecule has 0 radical (unpaired) electrons. The zero-order valence-corrected chi connectivity index (χ0v) is 9.98. The molecule has 2 rings (SSSR count). The van der Waals surface area contributed by atoms with Gasteiger partial charge >= 0.3 is 0 Å². The molecule has 1 aromatic carbocycles. The third-order valence-corrected chi connectivity index (χ3v) is 2.51. The van der Waals surface area contributed by atoms with Crippen LogP contribution in [0.25, 0.3) is 0 Å². The molecule has 3 nitrogen and oxygen atoms in total. The minimum Gasteiger partial charge on any atom is -0.483 e. The van der Waals surface area contributed by atoms with Gasteiger partial charge in [0, 0.05) is 12.7 Å². The van der Waals surface area contributed by atoms with Gasteiger partial charge in [0.1, 0.15) is 12.4 Å². The lowest BCUT2D eigenvalue weighted by Gasteiger charge is -2.07. The zero-order valence-electron chi connectivity index (χ0n) is 9.98. The molecule has 0 saturated carbocycles. The highest BCUT2D eigenvalue weighted by Gasteiger charge is 2.07. The van der Waals surface area contributed by atoms with Gasteiger partial charge in [-0.25, -0.2) is 9.37 Å². The minimum atomic E-state index is -0.348. The predicted octanol–water partition coefficient (Wildman–Crippen LogP) is 2.93. The maximum atomic E-state index is 13.3. The first-order valence-electron chi connectivity index (χ1n) is 5.60. The Morgan fingerprint density at radius 3 is 2.82 bits per heavy atom. The molecule has 0 atom stereocenters. The van der Waals surface area contributed by atoms with Gasteiger partial charge in [-0.3, -0.25) is 0 Å². The summed E-state index contributed by atoms with van der Waals surface area (Å²) in [5.74, 6) is 0.725. The van der Waals surface area contributed by atoms with Crippen molar-refractivity contribution >= 4 is 0 Å². The first kappa shape index (κ1) is 11.6. The SMILES string of the molecule is CCn1cc(C)nc1COc1ccccc1F. The maximum absolute atomic E-state index is 13.3. The van der Waals surface area contributed by atoms with E-state index in [2.05, 4.69) is 4.98 Å². The summed E-state index contributed by atoms with van der Waals surface area (Å²) in [7, 11) is 0. The van der Waals surface area contributed by atoms with Crippen molar-refractivity contribution in [3.05, 3.63) is 47.8 Å². The van der Waals surface area contributed by atoms with Crippen LogP contribution in [0.5, 0.6) is 5.75 Å². The van der Waals surface area contributed by atoms with Gasteiger partial charge in [-0.15, -0.1) is 0 Å². The molecule has 0 spiro atoms. The lowest BCUT2D eigenvalue weighted by molar-refractivity contribution is 0.276. The second-order valence-corrected chi connectivity index (χ2v) is 3.80. The fourth-order valence-corrected chi connectivity index (χ4v) is 1.69. The Labute approximate surface area is 99.9 Å². The third-order valence-electron chi connectivity index (χ3n) is 2.51. The van der Waals surface area contributed by atoms with E-state index in [0.29, 0.717) is 0 Å². The van der Waals surface area contributed by atoms with E-state index in [9.17, 15) is 4.39 Å². The van der Waals surface area contributed by atoms with E-state index in [0.717, 1.165) is 18.1 Å². The smallest absolute Gasteiger partial charge is 0.165 e. The van der Waals surface area contributed by atoms with Crippen LogP contribution >= 0.6 is 0 Å². The summed E-state index contributed by atoms with van der Waals surface area (Å²) in [5.41, 5.74) is 0.944. The van der Waals surface area contributed by atoms with Gasteiger partial charge in [0.15, 0.2) is 11.6 Å². The number of para-hydroxylation sites is 1. The summed E-state index contributed by atoms with van der Waals surface area (Å²) in [6, 6.07) is 6.38. The van der Waals surface area contributed by atoms with Crippen LogP contribution in [0.2, 0.25) is 0 Å². The Kier molecular flexibility index (Phi) is 3.42. The summed E-state index contributed by atoms with van der Waals surface area (Å²) in [5, 5.41) is 0. The molecule has 4 heteroatoms. The van der Waals surface area contributed by atoms with Crippen molar-refractivity contribution < 1.29 is 9.13 Å². The van der Waals surface area contributed by atoms with Gasteiger partial charge in [-0.2, -0.15) is 0 Å². The molecule has 0 N–H and O–H groups in total. The molecule has 1 heterocycles. The molecule has 0 aliphatic heterocycles. The van der Waals surface area contributed by atoms with Gasteiger partial charge in [0.2, 0.25) is 0 Å². The van der Waals surface area contributed by atoms with Crippen molar-refractivity contribution in [1.29, 1.82) is 0 Å². The highest BCUT2D eigenvalue weighted by atomic mass is 19.1. The van der Waals surface area contributed by atoms with E-state index < -0.39 is 0 Å². The number of hydrogen-bond acceptors (Lipinski definition) is 2. The van der Waals surface area contributed by atoms with Crippen LogP contribution < -0.4 is 4.74 Å². The number of nitrogens with zero attached hydrogens (tertiary/aromatic N) is 2. The fourth-order valence-electron chi connectivity index (χ4n) is 1.69. The summed E-state index contributed by atoms with van der Waals surface area (Å²) in [6.45, 7) is 5.08. The molecule has 0 aliphatic carbocycles. The lowest BCUT2D eigenvalue weighted by Crippen LogP contribution is -2.06. The van der Waals surface area contributed by atoms with Gasteiger partial charge in [-0.1, -0.05) is 12.1 Å². The van der Waals surface area contributed by atoms with Crippen molar-refractivity contribution in [2.45, 2.75) is 27.0 Å². The Hall–Kier alpha value is -1.84. The number of benzene rings is 1. The molecule has 0 saturated heterocycles. The number of imidazole rings is 1. The Morgan fingerprint density at radius 2 is 2.12 bits per heavy atom. The summed E-state index contributed by atoms with van der Waals surface area (Å²) in [6.07, 6.45) is 1.96. The number of aryl methyl sites for hydroxylation is 2. The van der Waals surface area contributed by atoms with Gasteiger partial charge in [0.05, 0.1) is 5.69 Å². The van der Waals surface area contributed by atoms with Crippen LogP contribution in [0, 0.1) is 12.7 Å². The largest absolute Gasteiger partial charge is 0.483 e. The van der Waals surface area contributed by atoms with Crippen molar-refractivity contribution in [3.63, 3.8) is 0 Å². The van der Waals surface area contributed by atoms with Gasteiger partial charge in [0.25, 0.3) is 0 Å². The molecular weight excluding hydrogens is 219 g/mol. The summed E-state index contributed by atoms with van der Waals surface area (Å²) < 4.78 is 20.7. The van der Waals surface area contributed by atoms with Crippen molar-refractivity contribution in [2.24, 2.45) is 0 Å². The lowest BCUT2D eigenvalue weighted by atomic mass is 10.3. The molecule has 0 amide bonds. The molecule has 0 unspecified atom stereocenters. The molecule has 1 aromatic heterocycles. The highest BCUT2D eigenvalue weighted by molar-refractivity contribution is 5.23. The number of hydrogen-bond donors (Lipinski definition) is 0. The maximum Gasteiger partial charge on any atom is 0.165 e. The van der Waals surface area contributed by atoms with Gasteiger partial charge < -0.3 is 9.30 Å². The molecule has 0 aliphatic rings. The molecular formula is C13H15FN2O. The van der Waals surface area contributed by atoms with E-state index in [-0.39, 0.29) is 18.2 Å². The van der Waals surface area contributed by atoms with E-state index in [1.165, 1.54) is 6.07 Å². The minimum absolute atomic E-state index is 0.260. The topological polar surface area (TPSA) is 27.1 Å². The number of rotatable bonds is 4. The molecule has 0 fully saturated rings. The summed E-state index contributed by atoms with van der Waals surface area (Å²) >= 11 is 0. The van der Waals surface area contributed by atoms with Crippen LogP contribution in [0.4, 0.5) is 4.39 Å². The standard InChI is InChI=1S/C13H15FN2O/c1-3-16-8-10(2)15-13(16)9-17-12-7-5-4-6-11(12)14/h4-8H,3,9H2,1-2H3. The average Bonchev–Trinajstić information content (AvgIpc) is 2.69. The van der Waals surface area contributed by atoms with Crippen molar-refractivity contribution in [3.8, 4) is 5.75 Å². The Morgan fingerprint density at radius 1 is 1.35 bits per heavy atom. The Balaban J connectivity index is 2.09. The second kappa shape index (κ2) is 4.99. The normalized spacial score (nSPS) is 10.5. The monoisotopic (exact) mass is 234 g/mol. The molecule has 2 aromatic rings. The van der Waals surface area contributed by atoms with Gasteiger partial charge in [-0.05, 0) is 26.0 Å². The number of ether oxygens (including phenoxy) is 1. The molecule has 90 valence electrons. The zero-order chi connectivity index (χ0) is 12.3. The van der Waals surface area contributed by atoms with Crippen LogP contribution in [0.1, 0.15) is 18.4 Å². The predicted molar refractivity (Wildman–Crippen MR) is 63.4 cm³/mol. The quantitative estimate of drug-likeness (QED) is 0.813. The Bertz CT molecular complexity index is 508. The second-order valence-electron chi connectivity index (χ2n) is 3.80. The van der Waals surface area contributed by atoms with E-state index in [1.807, 2.05) is 24.6 Å². The van der Waals surface area contributed by atoms with Crippen molar-refractivity contribution in [1.82, 2.24) is 9.55 Å². The van der Waals surface area contributed by atoms with Crippen LogP contribution in [0.15, 0.2) is 30.5 Å². The fraction of sp³-hybridized carbons (Fsp3) is 0.308. The van der Waals surface area contributed by atoms with Crippen LogP contribution in [-0.4, -0.2) is 9.55 Å². The van der Waals surface area contributed by atoms with Crippen LogP contribution in [-0.2, 0) is 13.2 Å². The first-order chi connectivity index (χ1) is 8.20. The van der Waals surface area contributed by atoms with E-state index in [4.69, 9.17) is 4.74 Å². The third kappa shape index (κ3) is 2.64. The number of halogens is 1. The van der Waals surface area contributed by atoms with E-state index in [1.54, 1.807) is 18.2 Å².